The van der Waals surface area contributed by atoms with Gasteiger partial charge in [-0.25, -0.2) is 9.59 Å². The number of halogens is 1. The normalized spacial score (nSPS) is 11.3. The van der Waals surface area contributed by atoms with E-state index in [0.29, 0.717) is 10.8 Å². The first kappa shape index (κ1) is 21.2. The molecule has 0 saturated carbocycles. The number of esters is 2. The van der Waals surface area contributed by atoms with Crippen LogP contribution in [-0.2, 0) is 14.3 Å². The zero-order chi connectivity index (χ0) is 20.8. The largest absolute Gasteiger partial charge is 0.481 e. The van der Waals surface area contributed by atoms with Crippen LogP contribution in [0.25, 0.3) is 0 Å². The first-order valence-electron chi connectivity index (χ1n) is 8.31. The van der Waals surface area contributed by atoms with E-state index in [2.05, 4.69) is 10.1 Å². The van der Waals surface area contributed by atoms with Crippen molar-refractivity contribution < 1.29 is 28.6 Å². The fourth-order valence-electron chi connectivity index (χ4n) is 2.36. The Morgan fingerprint density at radius 2 is 1.68 bits per heavy atom. The van der Waals surface area contributed by atoms with E-state index in [0.717, 1.165) is 5.56 Å². The van der Waals surface area contributed by atoms with Crippen molar-refractivity contribution in [2.24, 2.45) is 0 Å². The van der Waals surface area contributed by atoms with E-state index in [4.69, 9.17) is 21.1 Å². The van der Waals surface area contributed by atoms with Crippen molar-refractivity contribution in [1.82, 2.24) is 0 Å². The molecular formula is C20H20ClNO6. The van der Waals surface area contributed by atoms with Gasteiger partial charge in [0.15, 0.2) is 6.10 Å². The number of hydrogen-bond acceptors (Lipinski definition) is 6. The van der Waals surface area contributed by atoms with Crippen molar-refractivity contribution in [3.05, 3.63) is 58.1 Å². The highest BCUT2D eigenvalue weighted by Gasteiger charge is 2.21. The van der Waals surface area contributed by atoms with Gasteiger partial charge < -0.3 is 19.5 Å². The maximum atomic E-state index is 12.6. The second-order valence-corrected chi connectivity index (χ2v) is 6.31. The lowest BCUT2D eigenvalue weighted by Gasteiger charge is -2.17. The Bertz CT molecular complexity index is 912. The summed E-state index contributed by atoms with van der Waals surface area (Å²) >= 11 is 5.98. The first-order valence-corrected chi connectivity index (χ1v) is 8.69. The molecule has 1 N–H and O–H groups in total. The van der Waals surface area contributed by atoms with Crippen LogP contribution in [0, 0.1) is 6.92 Å². The van der Waals surface area contributed by atoms with Gasteiger partial charge in [-0.15, -0.1) is 0 Å². The summed E-state index contributed by atoms with van der Waals surface area (Å²) in [5.74, 6) is -1.30. The van der Waals surface area contributed by atoms with Crippen LogP contribution in [0.15, 0.2) is 36.4 Å². The van der Waals surface area contributed by atoms with E-state index >= 15 is 0 Å². The Balaban J connectivity index is 2.23. The van der Waals surface area contributed by atoms with Gasteiger partial charge in [0.2, 0.25) is 0 Å². The minimum absolute atomic E-state index is 0.0954. The minimum atomic E-state index is -0.882. The van der Waals surface area contributed by atoms with Crippen LogP contribution in [0.1, 0.15) is 33.2 Å². The van der Waals surface area contributed by atoms with E-state index < -0.39 is 23.9 Å². The average Bonchev–Trinajstić information content (AvgIpc) is 2.69. The Hall–Kier alpha value is -3.06. The number of benzene rings is 2. The predicted octanol–water partition coefficient (Wildman–Crippen LogP) is 3.63. The van der Waals surface area contributed by atoms with E-state index in [-0.39, 0.29) is 16.8 Å². The van der Waals surface area contributed by atoms with Crippen LogP contribution in [0.4, 0.5) is 5.69 Å². The van der Waals surface area contributed by atoms with Crippen molar-refractivity contribution in [3.8, 4) is 5.75 Å². The van der Waals surface area contributed by atoms with E-state index in [1.807, 2.05) is 6.92 Å². The average molecular weight is 406 g/mol. The van der Waals surface area contributed by atoms with Crippen LogP contribution < -0.4 is 10.1 Å². The molecule has 0 radical (unpaired) electrons. The minimum Gasteiger partial charge on any atom is -0.481 e. The van der Waals surface area contributed by atoms with Crippen LogP contribution in [0.2, 0.25) is 5.02 Å². The van der Waals surface area contributed by atoms with Gasteiger partial charge in [0, 0.05) is 5.02 Å². The highest BCUT2D eigenvalue weighted by atomic mass is 35.5. The summed E-state index contributed by atoms with van der Waals surface area (Å²) < 4.78 is 15.0. The van der Waals surface area contributed by atoms with Gasteiger partial charge in [-0.05, 0) is 55.8 Å². The molecule has 2 aromatic rings. The van der Waals surface area contributed by atoms with Crippen molar-refractivity contribution in [1.29, 1.82) is 0 Å². The first-order chi connectivity index (χ1) is 13.3. The lowest BCUT2D eigenvalue weighted by Crippen LogP contribution is -2.31. The molecule has 28 heavy (non-hydrogen) atoms. The topological polar surface area (TPSA) is 90.9 Å². The smallest absolute Gasteiger partial charge is 0.339 e. The molecule has 8 heteroatoms. The maximum absolute atomic E-state index is 12.6. The van der Waals surface area contributed by atoms with Crippen molar-refractivity contribution in [2.75, 3.05) is 19.5 Å². The number of aryl methyl sites for hydroxylation is 1. The number of carbonyl (C=O) groups excluding carboxylic acids is 3. The van der Waals surface area contributed by atoms with Crippen LogP contribution in [0.5, 0.6) is 5.75 Å². The molecule has 1 amide bonds. The summed E-state index contributed by atoms with van der Waals surface area (Å²) in [5.41, 5.74) is 1.19. The molecule has 0 saturated heterocycles. The zero-order valence-electron chi connectivity index (χ0n) is 15.9. The molecule has 0 spiro atoms. The fraction of sp³-hybridized carbons (Fsp3) is 0.250. The number of methoxy groups -OCH3 is 2. The number of ether oxygens (including phenoxy) is 3. The molecule has 2 rings (SSSR count). The molecule has 0 fully saturated rings. The molecular weight excluding hydrogens is 386 g/mol. The van der Waals surface area contributed by atoms with E-state index in [1.165, 1.54) is 32.4 Å². The summed E-state index contributed by atoms with van der Waals surface area (Å²) in [6.07, 6.45) is -0.882. The van der Waals surface area contributed by atoms with Crippen molar-refractivity contribution in [3.63, 3.8) is 0 Å². The van der Waals surface area contributed by atoms with Crippen LogP contribution in [-0.4, -0.2) is 38.2 Å². The molecule has 0 heterocycles. The van der Waals surface area contributed by atoms with Gasteiger partial charge in [-0.1, -0.05) is 11.6 Å². The quantitative estimate of drug-likeness (QED) is 0.738. The molecule has 0 aliphatic rings. The van der Waals surface area contributed by atoms with Gasteiger partial charge in [0.25, 0.3) is 5.91 Å². The molecule has 7 nitrogen and oxygen atoms in total. The maximum Gasteiger partial charge on any atom is 0.339 e. The zero-order valence-corrected chi connectivity index (χ0v) is 16.6. The van der Waals surface area contributed by atoms with Gasteiger partial charge >= 0.3 is 11.9 Å². The number of hydrogen-bond donors (Lipinski definition) is 1. The highest BCUT2D eigenvalue weighted by Crippen LogP contribution is 2.23. The summed E-state index contributed by atoms with van der Waals surface area (Å²) in [5, 5.41) is 3.18. The number of anilines is 1. The predicted molar refractivity (Wildman–Crippen MR) is 104 cm³/mol. The van der Waals surface area contributed by atoms with E-state index in [1.54, 1.807) is 25.1 Å². The van der Waals surface area contributed by atoms with Crippen LogP contribution in [0.3, 0.4) is 0 Å². The number of rotatable bonds is 6. The monoisotopic (exact) mass is 405 g/mol. The summed E-state index contributed by atoms with van der Waals surface area (Å²) in [6.45, 7) is 3.38. The summed E-state index contributed by atoms with van der Waals surface area (Å²) in [6, 6.07) is 9.16. The standard InChI is InChI=1S/C20H20ClNO6/c1-11-9-14(6-8-16(11)21)28-12(2)18(23)22-17-10-13(19(24)26-3)5-7-15(17)20(25)27-4/h5-10,12H,1-4H3,(H,22,23). The van der Waals surface area contributed by atoms with Crippen molar-refractivity contribution in [2.45, 2.75) is 20.0 Å². The van der Waals surface area contributed by atoms with Gasteiger partial charge in [0.05, 0.1) is 31.0 Å². The second-order valence-electron chi connectivity index (χ2n) is 5.90. The Labute approximate surface area is 167 Å². The third-order valence-corrected chi connectivity index (χ3v) is 4.34. The Kier molecular flexibility index (Phi) is 7.00. The molecule has 148 valence electrons. The lowest BCUT2D eigenvalue weighted by atomic mass is 10.1. The highest BCUT2D eigenvalue weighted by molar-refractivity contribution is 6.31. The molecule has 2 aromatic carbocycles. The Morgan fingerprint density at radius 1 is 1.00 bits per heavy atom. The number of carbonyl (C=O) groups is 3. The lowest BCUT2D eigenvalue weighted by molar-refractivity contribution is -0.122. The summed E-state index contributed by atoms with van der Waals surface area (Å²) in [7, 11) is 2.45. The molecule has 1 atom stereocenters. The molecule has 0 aromatic heterocycles. The SMILES string of the molecule is COC(=O)c1ccc(C(=O)OC)c(NC(=O)C(C)Oc2ccc(Cl)c(C)c2)c1. The third kappa shape index (κ3) is 5.01. The molecule has 0 bridgehead atoms. The molecule has 0 aliphatic carbocycles. The Morgan fingerprint density at radius 3 is 2.29 bits per heavy atom. The van der Waals surface area contributed by atoms with Gasteiger partial charge in [-0.2, -0.15) is 0 Å². The van der Waals surface area contributed by atoms with Gasteiger partial charge in [-0.3, -0.25) is 4.79 Å². The number of nitrogens with one attached hydrogen (secondary N) is 1. The summed E-state index contributed by atoms with van der Waals surface area (Å²) in [4.78, 5) is 36.3. The third-order valence-electron chi connectivity index (χ3n) is 3.92. The molecule has 1 unspecified atom stereocenters. The number of amides is 1. The van der Waals surface area contributed by atoms with Gasteiger partial charge in [0.1, 0.15) is 5.75 Å². The second kappa shape index (κ2) is 9.23. The van der Waals surface area contributed by atoms with Crippen molar-refractivity contribution >= 4 is 35.1 Å². The fourth-order valence-corrected chi connectivity index (χ4v) is 2.48. The molecule has 0 aliphatic heterocycles. The van der Waals surface area contributed by atoms with E-state index in [9.17, 15) is 14.4 Å². The van der Waals surface area contributed by atoms with Crippen LogP contribution >= 0.6 is 11.6 Å².